The van der Waals surface area contributed by atoms with Gasteiger partial charge in [-0.25, -0.2) is 9.18 Å². The molecular formula is C18H17FN2O3. The van der Waals surface area contributed by atoms with E-state index in [4.69, 9.17) is 0 Å². The van der Waals surface area contributed by atoms with Crippen LogP contribution >= 0.6 is 0 Å². The van der Waals surface area contributed by atoms with Crippen LogP contribution in [0.4, 0.5) is 20.6 Å². The fourth-order valence-corrected chi connectivity index (χ4v) is 2.65. The second-order valence-electron chi connectivity index (χ2n) is 5.74. The van der Waals surface area contributed by atoms with E-state index in [1.165, 1.54) is 19.2 Å². The van der Waals surface area contributed by atoms with Gasteiger partial charge in [0.2, 0.25) is 5.91 Å². The molecule has 2 N–H and O–H groups in total. The molecule has 1 saturated carbocycles. The zero-order chi connectivity index (χ0) is 17.2. The summed E-state index contributed by atoms with van der Waals surface area (Å²) in [6, 6.07) is 12.9. The van der Waals surface area contributed by atoms with Crippen molar-refractivity contribution in [2.75, 3.05) is 17.7 Å². The van der Waals surface area contributed by atoms with Crippen molar-refractivity contribution >= 4 is 23.4 Å². The summed E-state index contributed by atoms with van der Waals surface area (Å²) in [6.45, 7) is 0. The molecule has 0 aromatic heterocycles. The van der Waals surface area contributed by atoms with Gasteiger partial charge in [0, 0.05) is 11.4 Å². The maximum absolute atomic E-state index is 13.4. The third-order valence-corrected chi connectivity index (χ3v) is 4.11. The summed E-state index contributed by atoms with van der Waals surface area (Å²) in [5, 5.41) is 5.38. The highest BCUT2D eigenvalue weighted by Crippen LogP contribution is 2.49. The Labute approximate surface area is 138 Å². The molecule has 1 aliphatic carbocycles. The van der Waals surface area contributed by atoms with Gasteiger partial charge in [0.15, 0.2) is 0 Å². The number of ether oxygens (including phenoxy) is 1. The number of amides is 2. The standard InChI is InChI=1S/C18H17FN2O3/c1-24-17(23)21-15-7-3-6-14(11-15)20-16(22)18(8-9-18)12-4-2-5-13(19)10-12/h2-7,10-11H,8-9H2,1H3,(H,20,22)(H,21,23). The molecule has 5 nitrogen and oxygen atoms in total. The van der Waals surface area contributed by atoms with Crippen LogP contribution in [0, 0.1) is 5.82 Å². The fraction of sp³-hybridized carbons (Fsp3) is 0.222. The molecule has 3 rings (SSSR count). The van der Waals surface area contributed by atoms with Crippen LogP contribution < -0.4 is 10.6 Å². The molecule has 0 heterocycles. The van der Waals surface area contributed by atoms with Crippen molar-refractivity contribution in [1.29, 1.82) is 0 Å². The Morgan fingerprint density at radius 3 is 2.33 bits per heavy atom. The van der Waals surface area contributed by atoms with E-state index in [2.05, 4.69) is 15.4 Å². The summed E-state index contributed by atoms with van der Waals surface area (Å²) in [5.41, 5.74) is 1.07. The number of methoxy groups -OCH3 is 1. The molecule has 2 aromatic rings. The zero-order valence-corrected chi connectivity index (χ0v) is 13.1. The Morgan fingerprint density at radius 1 is 1.04 bits per heavy atom. The highest BCUT2D eigenvalue weighted by molar-refractivity contribution is 6.01. The lowest BCUT2D eigenvalue weighted by Gasteiger charge is -2.16. The Hall–Kier alpha value is -2.89. The van der Waals surface area contributed by atoms with Crippen molar-refractivity contribution in [3.63, 3.8) is 0 Å². The Balaban J connectivity index is 1.75. The van der Waals surface area contributed by atoms with Gasteiger partial charge < -0.3 is 10.1 Å². The highest BCUT2D eigenvalue weighted by atomic mass is 19.1. The van der Waals surface area contributed by atoms with Crippen molar-refractivity contribution in [1.82, 2.24) is 0 Å². The van der Waals surface area contributed by atoms with Gasteiger partial charge >= 0.3 is 6.09 Å². The lowest BCUT2D eigenvalue weighted by Crippen LogP contribution is -2.28. The quantitative estimate of drug-likeness (QED) is 0.900. The summed E-state index contributed by atoms with van der Waals surface area (Å²) < 4.78 is 18.0. The summed E-state index contributed by atoms with van der Waals surface area (Å²) in [7, 11) is 1.27. The van der Waals surface area contributed by atoms with Crippen LogP contribution in [0.5, 0.6) is 0 Å². The molecule has 124 valence electrons. The van der Waals surface area contributed by atoms with Gasteiger partial charge in [-0.2, -0.15) is 0 Å². The number of benzene rings is 2. The Bertz CT molecular complexity index is 787. The molecule has 0 bridgehead atoms. The zero-order valence-electron chi connectivity index (χ0n) is 13.1. The number of carbonyl (C=O) groups is 2. The SMILES string of the molecule is COC(=O)Nc1cccc(NC(=O)C2(c3cccc(F)c3)CC2)c1. The molecule has 0 unspecified atom stereocenters. The van der Waals surface area contributed by atoms with E-state index in [0.29, 0.717) is 29.8 Å². The number of nitrogens with one attached hydrogen (secondary N) is 2. The molecule has 6 heteroatoms. The fourth-order valence-electron chi connectivity index (χ4n) is 2.65. The summed E-state index contributed by atoms with van der Waals surface area (Å²) in [5.74, 6) is -0.529. The molecule has 1 fully saturated rings. The molecular weight excluding hydrogens is 311 g/mol. The number of hydrogen-bond acceptors (Lipinski definition) is 3. The molecule has 1 aliphatic rings. The molecule has 24 heavy (non-hydrogen) atoms. The molecule has 0 spiro atoms. The molecule has 2 aromatic carbocycles. The van der Waals surface area contributed by atoms with Gasteiger partial charge in [-0.05, 0) is 48.7 Å². The first-order valence-electron chi connectivity index (χ1n) is 7.56. The van der Waals surface area contributed by atoms with Gasteiger partial charge in [0.25, 0.3) is 0 Å². The maximum atomic E-state index is 13.4. The first kappa shape index (κ1) is 16.0. The van der Waals surface area contributed by atoms with E-state index in [9.17, 15) is 14.0 Å². The van der Waals surface area contributed by atoms with Crippen LogP contribution in [-0.4, -0.2) is 19.1 Å². The van der Waals surface area contributed by atoms with Crippen LogP contribution in [0.3, 0.4) is 0 Å². The van der Waals surface area contributed by atoms with E-state index in [1.807, 2.05) is 0 Å². The van der Waals surface area contributed by atoms with E-state index in [1.54, 1.807) is 36.4 Å². The lowest BCUT2D eigenvalue weighted by atomic mass is 9.95. The van der Waals surface area contributed by atoms with Gasteiger partial charge in [-0.1, -0.05) is 18.2 Å². The monoisotopic (exact) mass is 328 g/mol. The average Bonchev–Trinajstić information content (AvgIpc) is 3.37. The summed E-state index contributed by atoms with van der Waals surface area (Å²) in [6.07, 6.45) is 0.780. The number of hydrogen-bond donors (Lipinski definition) is 2. The van der Waals surface area contributed by atoms with Crippen LogP contribution in [-0.2, 0) is 14.9 Å². The largest absolute Gasteiger partial charge is 0.453 e. The van der Waals surface area contributed by atoms with E-state index in [0.717, 1.165) is 0 Å². The number of rotatable bonds is 4. The van der Waals surface area contributed by atoms with Crippen LogP contribution in [0.2, 0.25) is 0 Å². The number of carbonyl (C=O) groups excluding carboxylic acids is 2. The molecule has 0 aliphatic heterocycles. The predicted molar refractivity (Wildman–Crippen MR) is 88.4 cm³/mol. The third-order valence-electron chi connectivity index (χ3n) is 4.11. The lowest BCUT2D eigenvalue weighted by molar-refractivity contribution is -0.118. The minimum atomic E-state index is -0.673. The minimum absolute atomic E-state index is 0.177. The molecule has 2 amide bonds. The first-order valence-corrected chi connectivity index (χ1v) is 7.56. The minimum Gasteiger partial charge on any atom is -0.453 e. The Morgan fingerprint density at radius 2 is 1.71 bits per heavy atom. The second kappa shape index (κ2) is 6.31. The highest BCUT2D eigenvalue weighted by Gasteiger charge is 2.51. The first-order chi connectivity index (χ1) is 11.5. The van der Waals surface area contributed by atoms with Gasteiger partial charge in [-0.15, -0.1) is 0 Å². The van der Waals surface area contributed by atoms with E-state index < -0.39 is 11.5 Å². The van der Waals surface area contributed by atoms with Crippen LogP contribution in [0.25, 0.3) is 0 Å². The summed E-state index contributed by atoms with van der Waals surface area (Å²) >= 11 is 0. The topological polar surface area (TPSA) is 67.4 Å². The number of halogens is 1. The molecule has 0 radical (unpaired) electrons. The van der Waals surface area contributed by atoms with Crippen molar-refractivity contribution in [3.8, 4) is 0 Å². The third kappa shape index (κ3) is 3.22. The average molecular weight is 328 g/mol. The van der Waals surface area contributed by atoms with Gasteiger partial charge in [-0.3, -0.25) is 10.1 Å². The second-order valence-corrected chi connectivity index (χ2v) is 5.74. The normalized spacial score (nSPS) is 14.6. The Kier molecular flexibility index (Phi) is 4.20. The molecule has 0 atom stereocenters. The van der Waals surface area contributed by atoms with Gasteiger partial charge in [0.1, 0.15) is 5.82 Å². The van der Waals surface area contributed by atoms with Crippen LogP contribution in [0.15, 0.2) is 48.5 Å². The van der Waals surface area contributed by atoms with Gasteiger partial charge in [0.05, 0.1) is 12.5 Å². The van der Waals surface area contributed by atoms with Crippen molar-refractivity contribution in [2.24, 2.45) is 0 Å². The van der Waals surface area contributed by atoms with E-state index >= 15 is 0 Å². The van der Waals surface area contributed by atoms with Crippen molar-refractivity contribution < 1.29 is 18.7 Å². The summed E-state index contributed by atoms with van der Waals surface area (Å²) in [4.78, 5) is 23.9. The van der Waals surface area contributed by atoms with Crippen LogP contribution in [0.1, 0.15) is 18.4 Å². The number of anilines is 2. The predicted octanol–water partition coefficient (Wildman–Crippen LogP) is 3.67. The van der Waals surface area contributed by atoms with Crippen molar-refractivity contribution in [3.05, 3.63) is 59.9 Å². The van der Waals surface area contributed by atoms with E-state index in [-0.39, 0.29) is 11.7 Å². The molecule has 0 saturated heterocycles. The van der Waals surface area contributed by atoms with Crippen molar-refractivity contribution in [2.45, 2.75) is 18.3 Å². The maximum Gasteiger partial charge on any atom is 0.411 e. The smallest absolute Gasteiger partial charge is 0.411 e.